The first kappa shape index (κ1) is 16.0. The van der Waals surface area contributed by atoms with Crippen LogP contribution in [0.5, 0.6) is 0 Å². The molecule has 0 radical (unpaired) electrons. The second kappa shape index (κ2) is 8.18. The number of carbonyl (C=O) groups is 1. The minimum absolute atomic E-state index is 0.247. The highest BCUT2D eigenvalue weighted by molar-refractivity contribution is 9.10. The maximum Gasteiger partial charge on any atom is 0.223 e. The van der Waals surface area contributed by atoms with Gasteiger partial charge in [0.05, 0.1) is 6.54 Å². The maximum absolute atomic E-state index is 12.2. The molecule has 4 heteroatoms. The summed E-state index contributed by atoms with van der Waals surface area (Å²) in [6, 6.07) is 2.08. The maximum atomic E-state index is 12.2. The summed E-state index contributed by atoms with van der Waals surface area (Å²) in [5.74, 6) is 1.37. The van der Waals surface area contributed by atoms with Crippen molar-refractivity contribution in [1.82, 2.24) is 5.32 Å². The molecule has 1 aliphatic rings. The number of carbonyl (C=O) groups excluding carboxylic acids is 1. The molecule has 2 rings (SSSR count). The molecule has 0 atom stereocenters. The lowest BCUT2D eigenvalue weighted by Crippen LogP contribution is -2.32. The Bertz CT molecular complexity index is 424. The average molecular weight is 358 g/mol. The summed E-state index contributed by atoms with van der Waals surface area (Å²) in [6.07, 6.45) is 8.62. The van der Waals surface area contributed by atoms with E-state index in [1.807, 2.05) is 0 Å². The average Bonchev–Trinajstić information content (AvgIpc) is 2.89. The van der Waals surface area contributed by atoms with Crippen LogP contribution in [0, 0.1) is 11.8 Å². The summed E-state index contributed by atoms with van der Waals surface area (Å²) in [5.41, 5.74) is 0. The molecule has 0 saturated heterocycles. The van der Waals surface area contributed by atoms with Crippen LogP contribution in [0.4, 0.5) is 0 Å². The zero-order valence-electron chi connectivity index (χ0n) is 12.2. The van der Waals surface area contributed by atoms with Gasteiger partial charge in [0.2, 0.25) is 5.91 Å². The molecule has 1 amide bonds. The van der Waals surface area contributed by atoms with Gasteiger partial charge in [-0.1, -0.05) is 26.2 Å². The fourth-order valence-electron chi connectivity index (χ4n) is 2.97. The van der Waals surface area contributed by atoms with Gasteiger partial charge in [-0.2, -0.15) is 0 Å². The van der Waals surface area contributed by atoms with Crippen LogP contribution in [-0.2, 0) is 11.3 Å². The molecular weight excluding hydrogens is 334 g/mol. The highest BCUT2D eigenvalue weighted by atomic mass is 79.9. The highest BCUT2D eigenvalue weighted by Gasteiger charge is 2.25. The number of amides is 1. The van der Waals surface area contributed by atoms with Crippen molar-refractivity contribution in [3.8, 4) is 0 Å². The second-order valence-corrected chi connectivity index (χ2v) is 7.72. The summed E-state index contributed by atoms with van der Waals surface area (Å²) >= 11 is 5.13. The fourth-order valence-corrected chi connectivity index (χ4v) is 4.36. The molecule has 20 heavy (non-hydrogen) atoms. The van der Waals surface area contributed by atoms with Crippen LogP contribution in [0.2, 0.25) is 0 Å². The Morgan fingerprint density at radius 1 is 1.40 bits per heavy atom. The van der Waals surface area contributed by atoms with Crippen molar-refractivity contribution < 1.29 is 4.79 Å². The molecular formula is C16H24BrNOS. The van der Waals surface area contributed by atoms with Crippen molar-refractivity contribution >= 4 is 33.2 Å². The van der Waals surface area contributed by atoms with Crippen molar-refractivity contribution in [2.45, 2.75) is 58.4 Å². The quantitative estimate of drug-likeness (QED) is 0.751. The topological polar surface area (TPSA) is 29.1 Å². The van der Waals surface area contributed by atoms with Crippen molar-refractivity contribution in [1.29, 1.82) is 0 Å². The predicted molar refractivity (Wildman–Crippen MR) is 88.8 cm³/mol. The van der Waals surface area contributed by atoms with Crippen molar-refractivity contribution in [3.05, 3.63) is 20.8 Å². The van der Waals surface area contributed by atoms with Gasteiger partial charge in [0.25, 0.3) is 0 Å². The molecule has 1 aromatic heterocycles. The van der Waals surface area contributed by atoms with E-state index in [2.05, 4.69) is 39.6 Å². The van der Waals surface area contributed by atoms with E-state index in [0.29, 0.717) is 6.54 Å². The lowest BCUT2D eigenvalue weighted by molar-refractivity contribution is -0.126. The van der Waals surface area contributed by atoms with Gasteiger partial charge in [0, 0.05) is 20.6 Å². The van der Waals surface area contributed by atoms with Gasteiger partial charge in [-0.25, -0.2) is 0 Å². The largest absolute Gasteiger partial charge is 0.351 e. The number of rotatable bonds is 6. The molecule has 112 valence electrons. The third kappa shape index (κ3) is 4.88. The number of hydrogen-bond acceptors (Lipinski definition) is 2. The van der Waals surface area contributed by atoms with E-state index < -0.39 is 0 Å². The monoisotopic (exact) mass is 357 g/mol. The first-order valence-corrected chi connectivity index (χ1v) is 9.37. The van der Waals surface area contributed by atoms with Crippen LogP contribution in [0.15, 0.2) is 15.9 Å². The molecule has 0 bridgehead atoms. The normalized spacial score (nSPS) is 22.7. The van der Waals surface area contributed by atoms with Gasteiger partial charge >= 0.3 is 0 Å². The summed E-state index contributed by atoms with van der Waals surface area (Å²) in [5, 5.41) is 5.15. The zero-order valence-corrected chi connectivity index (χ0v) is 14.6. The van der Waals surface area contributed by atoms with Crippen molar-refractivity contribution in [3.63, 3.8) is 0 Å². The molecule has 1 heterocycles. The third-order valence-corrected chi connectivity index (χ3v) is 5.94. The lowest BCUT2D eigenvalue weighted by atomic mass is 9.79. The Labute approximate surface area is 134 Å². The Balaban J connectivity index is 1.69. The third-order valence-electron chi connectivity index (χ3n) is 4.24. The molecule has 0 aliphatic heterocycles. The number of thiophene rings is 1. The zero-order chi connectivity index (χ0) is 14.4. The number of hydrogen-bond donors (Lipinski definition) is 1. The Hall–Kier alpha value is -0.350. The van der Waals surface area contributed by atoms with Crippen LogP contribution in [0.1, 0.15) is 56.7 Å². The molecule has 0 unspecified atom stereocenters. The fraction of sp³-hybridized carbons (Fsp3) is 0.688. The van der Waals surface area contributed by atoms with Crippen LogP contribution in [-0.4, -0.2) is 5.91 Å². The van der Waals surface area contributed by atoms with E-state index in [0.717, 1.165) is 23.2 Å². The molecule has 0 aromatic carbocycles. The van der Waals surface area contributed by atoms with Gasteiger partial charge < -0.3 is 5.32 Å². The Morgan fingerprint density at radius 3 is 2.75 bits per heavy atom. The minimum Gasteiger partial charge on any atom is -0.351 e. The molecule has 1 aromatic rings. The minimum atomic E-state index is 0.247. The van der Waals surface area contributed by atoms with E-state index >= 15 is 0 Å². The van der Waals surface area contributed by atoms with Crippen LogP contribution < -0.4 is 5.32 Å². The first-order valence-electron chi connectivity index (χ1n) is 7.69. The van der Waals surface area contributed by atoms with Gasteiger partial charge in [-0.15, -0.1) is 11.3 Å². The van der Waals surface area contributed by atoms with E-state index in [4.69, 9.17) is 0 Å². The predicted octanol–water partition coefficient (Wildman–Crippen LogP) is 5.12. The van der Waals surface area contributed by atoms with Crippen LogP contribution >= 0.6 is 27.3 Å². The smallest absolute Gasteiger partial charge is 0.223 e. The number of nitrogens with one attached hydrogen (secondary N) is 1. The van der Waals surface area contributed by atoms with Gasteiger partial charge in [-0.05, 0) is 53.6 Å². The molecule has 2 nitrogen and oxygen atoms in total. The summed E-state index contributed by atoms with van der Waals surface area (Å²) in [6.45, 7) is 2.92. The molecule has 1 N–H and O–H groups in total. The summed E-state index contributed by atoms with van der Waals surface area (Å²) in [7, 11) is 0. The van der Waals surface area contributed by atoms with E-state index in [1.54, 1.807) is 11.3 Å². The molecule has 0 spiro atoms. The Kier molecular flexibility index (Phi) is 6.56. The lowest BCUT2D eigenvalue weighted by Gasteiger charge is -2.27. The second-order valence-electron chi connectivity index (χ2n) is 5.81. The Morgan fingerprint density at radius 2 is 2.15 bits per heavy atom. The van der Waals surface area contributed by atoms with Gasteiger partial charge in [-0.3, -0.25) is 4.79 Å². The van der Waals surface area contributed by atoms with Crippen molar-refractivity contribution in [2.75, 3.05) is 0 Å². The van der Waals surface area contributed by atoms with E-state index in [1.165, 1.54) is 37.0 Å². The molecule has 1 saturated carbocycles. The number of halogens is 1. The SMILES string of the molecule is CCCCC1CCC(C(=O)NCc2cc(Br)cs2)CC1. The highest BCUT2D eigenvalue weighted by Crippen LogP contribution is 2.32. The van der Waals surface area contributed by atoms with Gasteiger partial charge in [0.15, 0.2) is 0 Å². The van der Waals surface area contributed by atoms with Crippen molar-refractivity contribution in [2.24, 2.45) is 11.8 Å². The van der Waals surface area contributed by atoms with E-state index in [9.17, 15) is 4.79 Å². The summed E-state index contributed by atoms with van der Waals surface area (Å²) < 4.78 is 1.10. The van der Waals surface area contributed by atoms with E-state index in [-0.39, 0.29) is 11.8 Å². The number of unbranched alkanes of at least 4 members (excludes halogenated alkanes) is 1. The summed E-state index contributed by atoms with van der Waals surface area (Å²) in [4.78, 5) is 13.4. The van der Waals surface area contributed by atoms with Gasteiger partial charge in [0.1, 0.15) is 0 Å². The molecule has 1 fully saturated rings. The molecule has 1 aliphatic carbocycles. The standard InChI is InChI=1S/C16H24BrNOS/c1-2-3-4-12-5-7-13(8-6-12)16(19)18-10-15-9-14(17)11-20-15/h9,11-13H,2-8,10H2,1H3,(H,18,19). The van der Waals surface area contributed by atoms with Crippen LogP contribution in [0.3, 0.4) is 0 Å². The first-order chi connectivity index (χ1) is 9.69. The van der Waals surface area contributed by atoms with Crippen LogP contribution in [0.25, 0.3) is 0 Å².